The van der Waals surface area contributed by atoms with Gasteiger partial charge in [0.25, 0.3) is 0 Å². The van der Waals surface area contributed by atoms with Crippen molar-refractivity contribution in [2.75, 3.05) is 19.6 Å². The molecule has 0 bridgehead atoms. The van der Waals surface area contributed by atoms with E-state index >= 15 is 0 Å². The highest BCUT2D eigenvalue weighted by Gasteiger charge is 2.11. The van der Waals surface area contributed by atoms with Crippen molar-refractivity contribution in [3.05, 3.63) is 11.6 Å². The summed E-state index contributed by atoms with van der Waals surface area (Å²) >= 11 is 0. The van der Waals surface area contributed by atoms with Gasteiger partial charge in [0.2, 0.25) is 0 Å². The maximum absolute atomic E-state index is 12.7. The van der Waals surface area contributed by atoms with Crippen LogP contribution in [0.4, 0.5) is 0 Å². The Balaban J connectivity index is 3.82. The number of hydrogen-bond donors (Lipinski definition) is 0. The molecule has 0 aromatic carbocycles. The zero-order valence-electron chi connectivity index (χ0n) is 31.5. The number of hydrogen-bond acceptors (Lipinski definition) is 3. The third kappa shape index (κ3) is 31.4. The number of carbonyl (C=O) groups is 2. The average molecular weight is 632 g/mol. The lowest BCUT2D eigenvalue weighted by Gasteiger charge is -2.21. The highest BCUT2D eigenvalue weighted by molar-refractivity contribution is 5.80. The zero-order valence-corrected chi connectivity index (χ0v) is 31.5. The van der Waals surface area contributed by atoms with Crippen molar-refractivity contribution in [3.63, 3.8) is 0 Å². The SMILES string of the molecule is CC/C=C(/CC(=O)CCCCCCCN(CCC)CCCCCCCC(=O)CCCCCCCCCC)CC(C)CCCCC. The molecule has 0 N–H and O–H groups in total. The molecule has 3 heteroatoms. The lowest BCUT2D eigenvalue weighted by atomic mass is 9.91. The van der Waals surface area contributed by atoms with Crippen LogP contribution in [0.3, 0.4) is 0 Å². The van der Waals surface area contributed by atoms with Crippen LogP contribution in [0.15, 0.2) is 11.6 Å². The Kier molecular flexibility index (Phi) is 33.6. The van der Waals surface area contributed by atoms with E-state index in [9.17, 15) is 9.59 Å². The first-order valence-corrected chi connectivity index (χ1v) is 20.4. The molecule has 0 fully saturated rings. The summed E-state index contributed by atoms with van der Waals surface area (Å²) in [6, 6.07) is 0. The molecule has 0 heterocycles. The van der Waals surface area contributed by atoms with E-state index < -0.39 is 0 Å². The van der Waals surface area contributed by atoms with E-state index in [-0.39, 0.29) is 0 Å². The first-order valence-electron chi connectivity index (χ1n) is 20.4. The normalized spacial score (nSPS) is 12.7. The van der Waals surface area contributed by atoms with Gasteiger partial charge in [-0.1, -0.05) is 155 Å². The Bertz CT molecular complexity index is 684. The van der Waals surface area contributed by atoms with Crippen LogP contribution in [0, 0.1) is 5.92 Å². The number of allylic oxidation sites excluding steroid dienone is 2. The summed E-state index contributed by atoms with van der Waals surface area (Å²) in [5, 5.41) is 0. The van der Waals surface area contributed by atoms with E-state index in [1.807, 2.05) is 0 Å². The van der Waals surface area contributed by atoms with Crippen molar-refractivity contribution < 1.29 is 9.59 Å². The van der Waals surface area contributed by atoms with Crippen molar-refractivity contribution in [1.82, 2.24) is 4.90 Å². The molecular formula is C42H81NO2. The van der Waals surface area contributed by atoms with Gasteiger partial charge in [-0.05, 0) is 76.9 Å². The molecule has 3 nitrogen and oxygen atoms in total. The van der Waals surface area contributed by atoms with E-state index in [1.54, 1.807) is 0 Å². The quantitative estimate of drug-likeness (QED) is 0.0510. The predicted molar refractivity (Wildman–Crippen MR) is 200 cm³/mol. The Morgan fingerprint density at radius 3 is 1.44 bits per heavy atom. The van der Waals surface area contributed by atoms with Crippen molar-refractivity contribution >= 4 is 11.6 Å². The monoisotopic (exact) mass is 632 g/mol. The van der Waals surface area contributed by atoms with Crippen molar-refractivity contribution in [1.29, 1.82) is 0 Å². The molecule has 0 aliphatic rings. The smallest absolute Gasteiger partial charge is 0.136 e. The molecule has 266 valence electrons. The minimum atomic E-state index is 0.454. The van der Waals surface area contributed by atoms with Crippen molar-refractivity contribution in [2.24, 2.45) is 5.92 Å². The van der Waals surface area contributed by atoms with E-state index in [2.05, 4.69) is 45.6 Å². The topological polar surface area (TPSA) is 37.4 Å². The van der Waals surface area contributed by atoms with Gasteiger partial charge in [0.1, 0.15) is 11.6 Å². The summed E-state index contributed by atoms with van der Waals surface area (Å²) in [5.41, 5.74) is 1.39. The van der Waals surface area contributed by atoms with Gasteiger partial charge >= 0.3 is 0 Å². The maximum atomic E-state index is 12.7. The molecule has 0 aromatic rings. The van der Waals surface area contributed by atoms with Gasteiger partial charge in [0, 0.05) is 25.7 Å². The van der Waals surface area contributed by atoms with Gasteiger partial charge < -0.3 is 4.90 Å². The third-order valence-corrected chi connectivity index (χ3v) is 9.54. The summed E-state index contributed by atoms with van der Waals surface area (Å²) in [7, 11) is 0. The first-order chi connectivity index (χ1) is 22.0. The molecule has 0 radical (unpaired) electrons. The van der Waals surface area contributed by atoms with E-state index in [0.717, 1.165) is 51.4 Å². The fourth-order valence-corrected chi connectivity index (χ4v) is 6.76. The Hall–Kier alpha value is -0.960. The van der Waals surface area contributed by atoms with Crippen LogP contribution in [-0.2, 0) is 9.59 Å². The third-order valence-electron chi connectivity index (χ3n) is 9.54. The number of rotatable bonds is 36. The Labute approximate surface area is 283 Å². The predicted octanol–water partition coefficient (Wildman–Crippen LogP) is 13.4. The molecule has 0 rings (SSSR count). The zero-order chi connectivity index (χ0) is 33.2. The summed E-state index contributed by atoms with van der Waals surface area (Å²) in [6.45, 7) is 15.0. The molecule has 0 aromatic heterocycles. The molecule has 0 amide bonds. The Morgan fingerprint density at radius 2 is 0.956 bits per heavy atom. The second-order valence-electron chi connectivity index (χ2n) is 14.4. The largest absolute Gasteiger partial charge is 0.303 e. The summed E-state index contributed by atoms with van der Waals surface area (Å²) in [6.07, 6.45) is 36.7. The second-order valence-corrected chi connectivity index (χ2v) is 14.4. The summed E-state index contributed by atoms with van der Waals surface area (Å²) < 4.78 is 0. The van der Waals surface area contributed by atoms with Crippen LogP contribution in [-0.4, -0.2) is 36.1 Å². The molecule has 0 saturated heterocycles. The van der Waals surface area contributed by atoms with E-state index in [1.165, 1.54) is 154 Å². The van der Waals surface area contributed by atoms with Crippen LogP contribution in [0.5, 0.6) is 0 Å². The minimum absolute atomic E-state index is 0.454. The van der Waals surface area contributed by atoms with Crippen LogP contribution in [0.2, 0.25) is 0 Å². The van der Waals surface area contributed by atoms with Crippen LogP contribution in [0.25, 0.3) is 0 Å². The fourth-order valence-electron chi connectivity index (χ4n) is 6.76. The number of ketones is 2. The van der Waals surface area contributed by atoms with Gasteiger partial charge in [0.15, 0.2) is 0 Å². The number of nitrogens with zero attached hydrogens (tertiary/aromatic N) is 1. The fraction of sp³-hybridized carbons (Fsp3) is 0.905. The van der Waals surface area contributed by atoms with Crippen molar-refractivity contribution in [3.8, 4) is 0 Å². The molecule has 1 atom stereocenters. The molecule has 1 unspecified atom stereocenters. The molecule has 0 aliphatic carbocycles. The van der Waals surface area contributed by atoms with E-state index in [4.69, 9.17) is 0 Å². The molecule has 0 saturated carbocycles. The van der Waals surface area contributed by atoms with Crippen molar-refractivity contribution in [2.45, 2.75) is 221 Å². The average Bonchev–Trinajstić information content (AvgIpc) is 3.01. The van der Waals surface area contributed by atoms with Gasteiger partial charge in [-0.3, -0.25) is 9.59 Å². The highest BCUT2D eigenvalue weighted by atomic mass is 16.1. The summed E-state index contributed by atoms with van der Waals surface area (Å²) in [4.78, 5) is 27.5. The number of unbranched alkanes of at least 4 members (excludes halogenated alkanes) is 17. The minimum Gasteiger partial charge on any atom is -0.303 e. The first kappa shape index (κ1) is 44.0. The van der Waals surface area contributed by atoms with Crippen LogP contribution >= 0.6 is 0 Å². The van der Waals surface area contributed by atoms with Crippen LogP contribution in [0.1, 0.15) is 221 Å². The van der Waals surface area contributed by atoms with Gasteiger partial charge in [-0.25, -0.2) is 0 Å². The maximum Gasteiger partial charge on any atom is 0.136 e. The summed E-state index contributed by atoms with van der Waals surface area (Å²) in [5.74, 6) is 1.65. The lowest BCUT2D eigenvalue weighted by molar-refractivity contribution is -0.119. The van der Waals surface area contributed by atoms with Gasteiger partial charge in [-0.2, -0.15) is 0 Å². The van der Waals surface area contributed by atoms with Gasteiger partial charge in [0.05, 0.1) is 0 Å². The molecule has 0 spiro atoms. The molecule has 0 aliphatic heterocycles. The Morgan fingerprint density at radius 1 is 0.511 bits per heavy atom. The number of Topliss-reactive ketones (excluding diaryl/α,β-unsaturated/α-hetero) is 2. The molecular weight excluding hydrogens is 550 g/mol. The van der Waals surface area contributed by atoms with Crippen LogP contribution < -0.4 is 0 Å². The number of carbonyl (C=O) groups excluding carboxylic acids is 2. The molecule has 45 heavy (non-hydrogen) atoms. The standard InChI is InChI=1S/C42H81NO2/c1-6-10-12-13-14-15-18-24-31-41(44)32-25-19-16-21-27-35-43(34-9-4)36-28-22-17-20-26-33-42(45)38-40(29-8-3)37-39(5)30-23-11-7-2/h29,39H,6-28,30-38H2,1-5H3/b40-29+. The highest BCUT2D eigenvalue weighted by Crippen LogP contribution is 2.22. The second kappa shape index (κ2) is 34.4. The lowest BCUT2D eigenvalue weighted by Crippen LogP contribution is -2.27. The van der Waals surface area contributed by atoms with Gasteiger partial charge in [-0.15, -0.1) is 0 Å². The van der Waals surface area contributed by atoms with E-state index in [0.29, 0.717) is 23.9 Å².